The molecule has 1 amide bonds. The predicted octanol–water partition coefficient (Wildman–Crippen LogP) is 4.10. The van der Waals surface area contributed by atoms with Crippen LogP contribution in [0.25, 0.3) is 0 Å². The molecule has 0 atom stereocenters. The van der Waals surface area contributed by atoms with Crippen LogP contribution in [0, 0.1) is 5.82 Å². The van der Waals surface area contributed by atoms with E-state index in [4.69, 9.17) is 9.15 Å². The van der Waals surface area contributed by atoms with E-state index in [0.717, 1.165) is 25.2 Å². The number of oxazole rings is 1. The summed E-state index contributed by atoms with van der Waals surface area (Å²) in [5.41, 5.74) is 0.116. The van der Waals surface area contributed by atoms with Crippen molar-refractivity contribution in [3.05, 3.63) is 88.9 Å². The molecule has 11 heteroatoms. The summed E-state index contributed by atoms with van der Waals surface area (Å²) in [6.45, 7) is 4.35. The van der Waals surface area contributed by atoms with Gasteiger partial charge in [0.1, 0.15) is 12.1 Å². The Labute approximate surface area is 212 Å². The number of hydrogen-bond acceptors (Lipinski definition) is 6. The maximum Gasteiger partial charge on any atom is 0.416 e. The summed E-state index contributed by atoms with van der Waals surface area (Å²) >= 11 is 0. The quantitative estimate of drug-likeness (QED) is 0.406. The summed E-state index contributed by atoms with van der Waals surface area (Å²) in [6.07, 6.45) is -3.23. The Morgan fingerprint density at radius 1 is 1.05 bits per heavy atom. The number of aromatic nitrogens is 1. The lowest BCUT2D eigenvalue weighted by atomic mass is 10.1. The van der Waals surface area contributed by atoms with Gasteiger partial charge in [0.2, 0.25) is 5.89 Å². The highest BCUT2D eigenvalue weighted by molar-refractivity contribution is 5.91. The maximum atomic E-state index is 14.3. The second-order valence-electron chi connectivity index (χ2n) is 8.77. The number of morpholine rings is 1. The number of ether oxygens (including phenoxy) is 1. The van der Waals surface area contributed by atoms with Crippen molar-refractivity contribution < 1.29 is 31.5 Å². The zero-order chi connectivity index (χ0) is 26.3. The number of hydrogen-bond donors (Lipinski definition) is 1. The van der Waals surface area contributed by atoms with E-state index >= 15 is 0 Å². The summed E-state index contributed by atoms with van der Waals surface area (Å²) < 4.78 is 64.7. The van der Waals surface area contributed by atoms with Crippen LogP contribution in [0.2, 0.25) is 0 Å². The first kappa shape index (κ1) is 26.8. The summed E-state index contributed by atoms with van der Waals surface area (Å²) in [5, 5.41) is 2.81. The zero-order valence-electron chi connectivity index (χ0n) is 20.1. The number of benzene rings is 2. The van der Waals surface area contributed by atoms with Crippen LogP contribution in [0.1, 0.15) is 33.1 Å². The van der Waals surface area contributed by atoms with E-state index in [9.17, 15) is 22.4 Å². The summed E-state index contributed by atoms with van der Waals surface area (Å²) in [6, 6.07) is 11.2. The van der Waals surface area contributed by atoms with Crippen molar-refractivity contribution in [3.63, 3.8) is 0 Å². The van der Waals surface area contributed by atoms with Crippen LogP contribution in [-0.2, 0) is 30.5 Å². The van der Waals surface area contributed by atoms with Crippen molar-refractivity contribution >= 4 is 5.91 Å². The normalized spacial score (nSPS) is 14.7. The Bertz CT molecular complexity index is 1180. The number of halogens is 4. The van der Waals surface area contributed by atoms with Crippen molar-refractivity contribution in [1.29, 1.82) is 0 Å². The molecule has 2 heterocycles. The second-order valence-corrected chi connectivity index (χ2v) is 8.77. The molecule has 0 spiro atoms. The van der Waals surface area contributed by atoms with Gasteiger partial charge < -0.3 is 14.5 Å². The standard InChI is InChI=1S/C26H28F4N4O3/c27-22-7-2-1-5-20(22)16-34(15-19-4-3-6-21(14-19)26(28,29)30)17-24-32-23(18-37-24)25(35)31-8-9-33-10-12-36-13-11-33/h1-7,14,18H,8-13,15-17H2,(H,31,35). The van der Waals surface area contributed by atoms with Gasteiger partial charge in [0.15, 0.2) is 5.69 Å². The summed E-state index contributed by atoms with van der Waals surface area (Å²) in [7, 11) is 0. The molecule has 2 aromatic carbocycles. The minimum absolute atomic E-state index is 0.0611. The molecule has 198 valence electrons. The second kappa shape index (κ2) is 12.3. The fourth-order valence-corrected chi connectivity index (χ4v) is 4.06. The van der Waals surface area contributed by atoms with Crippen molar-refractivity contribution in [3.8, 4) is 0 Å². The van der Waals surface area contributed by atoms with Crippen LogP contribution >= 0.6 is 0 Å². The van der Waals surface area contributed by atoms with Crippen LogP contribution in [0.3, 0.4) is 0 Å². The first-order chi connectivity index (χ1) is 17.8. The molecule has 37 heavy (non-hydrogen) atoms. The van der Waals surface area contributed by atoms with E-state index in [1.807, 2.05) is 0 Å². The van der Waals surface area contributed by atoms with Crippen LogP contribution in [-0.4, -0.2) is 60.1 Å². The largest absolute Gasteiger partial charge is 0.447 e. The first-order valence-electron chi connectivity index (χ1n) is 11.9. The molecule has 1 N–H and O–H groups in total. The van der Waals surface area contributed by atoms with E-state index in [1.54, 1.807) is 29.2 Å². The monoisotopic (exact) mass is 520 g/mol. The van der Waals surface area contributed by atoms with Crippen molar-refractivity contribution in [1.82, 2.24) is 20.1 Å². The predicted molar refractivity (Wildman–Crippen MR) is 127 cm³/mol. The lowest BCUT2D eigenvalue weighted by Gasteiger charge is -2.26. The van der Waals surface area contributed by atoms with Gasteiger partial charge in [-0.25, -0.2) is 9.37 Å². The highest BCUT2D eigenvalue weighted by Crippen LogP contribution is 2.30. The Balaban J connectivity index is 1.42. The molecule has 0 bridgehead atoms. The van der Waals surface area contributed by atoms with E-state index in [0.29, 0.717) is 37.4 Å². The average Bonchev–Trinajstić information content (AvgIpc) is 3.34. The van der Waals surface area contributed by atoms with E-state index in [-0.39, 0.29) is 37.1 Å². The van der Waals surface area contributed by atoms with E-state index in [1.165, 1.54) is 18.4 Å². The third-order valence-electron chi connectivity index (χ3n) is 5.97. The third kappa shape index (κ3) is 7.85. The van der Waals surface area contributed by atoms with Gasteiger partial charge >= 0.3 is 6.18 Å². The lowest BCUT2D eigenvalue weighted by molar-refractivity contribution is -0.137. The molecular weight excluding hydrogens is 492 g/mol. The topological polar surface area (TPSA) is 70.8 Å². The van der Waals surface area contributed by atoms with Crippen LogP contribution in [0.4, 0.5) is 17.6 Å². The molecule has 1 aliphatic heterocycles. The molecule has 1 aliphatic rings. The molecule has 3 aromatic rings. The van der Waals surface area contributed by atoms with Gasteiger partial charge in [0.25, 0.3) is 5.91 Å². The van der Waals surface area contributed by atoms with Gasteiger partial charge in [-0.05, 0) is 17.7 Å². The smallest absolute Gasteiger partial charge is 0.416 e. The van der Waals surface area contributed by atoms with Gasteiger partial charge in [-0.3, -0.25) is 14.6 Å². The number of carbonyl (C=O) groups is 1. The van der Waals surface area contributed by atoms with E-state index in [2.05, 4.69) is 15.2 Å². The number of nitrogens with zero attached hydrogens (tertiary/aromatic N) is 3. The SMILES string of the molecule is O=C(NCCN1CCOCC1)c1coc(CN(Cc2cccc(C(F)(F)F)c2)Cc2ccccc2F)n1. The molecular formula is C26H28F4N4O3. The molecule has 7 nitrogen and oxygen atoms in total. The van der Waals surface area contributed by atoms with Gasteiger partial charge in [0.05, 0.1) is 25.3 Å². The number of amides is 1. The summed E-state index contributed by atoms with van der Waals surface area (Å²) in [5.74, 6) is -0.618. The maximum absolute atomic E-state index is 14.3. The minimum atomic E-state index is -4.47. The van der Waals surface area contributed by atoms with E-state index < -0.39 is 17.6 Å². The molecule has 4 rings (SSSR count). The van der Waals surface area contributed by atoms with Gasteiger partial charge in [-0.15, -0.1) is 0 Å². The van der Waals surface area contributed by atoms with Crippen LogP contribution < -0.4 is 5.32 Å². The molecule has 0 unspecified atom stereocenters. The van der Waals surface area contributed by atoms with Crippen LogP contribution in [0.15, 0.2) is 59.2 Å². The zero-order valence-corrected chi connectivity index (χ0v) is 20.1. The number of nitrogens with one attached hydrogen (secondary N) is 1. The van der Waals surface area contributed by atoms with Crippen molar-refractivity contribution in [2.24, 2.45) is 0 Å². The minimum Gasteiger partial charge on any atom is -0.447 e. The Kier molecular flexibility index (Phi) is 8.91. The highest BCUT2D eigenvalue weighted by atomic mass is 19.4. The Hall–Kier alpha value is -3.28. The first-order valence-corrected chi connectivity index (χ1v) is 11.9. The van der Waals surface area contributed by atoms with Crippen LogP contribution in [0.5, 0.6) is 0 Å². The Morgan fingerprint density at radius 3 is 2.59 bits per heavy atom. The molecule has 1 aromatic heterocycles. The lowest BCUT2D eigenvalue weighted by Crippen LogP contribution is -2.41. The molecule has 0 aliphatic carbocycles. The number of alkyl halides is 3. The number of rotatable bonds is 10. The fraction of sp³-hybridized carbons (Fsp3) is 0.385. The molecule has 1 saturated heterocycles. The van der Waals surface area contributed by atoms with Crippen molar-refractivity contribution in [2.75, 3.05) is 39.4 Å². The molecule has 0 radical (unpaired) electrons. The molecule has 0 saturated carbocycles. The summed E-state index contributed by atoms with van der Waals surface area (Å²) in [4.78, 5) is 20.6. The average molecular weight is 521 g/mol. The highest BCUT2D eigenvalue weighted by Gasteiger charge is 2.30. The Morgan fingerprint density at radius 2 is 1.84 bits per heavy atom. The molecule has 1 fully saturated rings. The fourth-order valence-electron chi connectivity index (χ4n) is 4.06. The number of carbonyl (C=O) groups excluding carboxylic acids is 1. The van der Waals surface area contributed by atoms with Crippen molar-refractivity contribution in [2.45, 2.75) is 25.8 Å². The van der Waals surface area contributed by atoms with Gasteiger partial charge in [-0.2, -0.15) is 13.2 Å². The van der Waals surface area contributed by atoms with Gasteiger partial charge in [0, 0.05) is 44.8 Å². The van der Waals surface area contributed by atoms with Gasteiger partial charge in [-0.1, -0.05) is 36.4 Å². The third-order valence-corrected chi connectivity index (χ3v) is 5.97.